The highest BCUT2D eigenvalue weighted by atomic mass is 32.2. The first-order valence-electron chi connectivity index (χ1n) is 7.54. The fourth-order valence-corrected chi connectivity index (χ4v) is 2.85. The molecular formula is C16H21N3O3S. The number of rotatable bonds is 8. The molecule has 124 valence electrons. The van der Waals surface area contributed by atoms with E-state index in [0.29, 0.717) is 24.9 Å². The van der Waals surface area contributed by atoms with Crippen molar-refractivity contribution in [3.63, 3.8) is 0 Å². The average Bonchev–Trinajstić information content (AvgIpc) is 2.93. The van der Waals surface area contributed by atoms with Crippen molar-refractivity contribution < 1.29 is 14.3 Å². The molecule has 0 unspecified atom stereocenters. The topological polar surface area (TPSA) is 66.2 Å². The van der Waals surface area contributed by atoms with E-state index in [1.165, 1.54) is 11.8 Å². The Bertz CT molecular complexity index is 658. The summed E-state index contributed by atoms with van der Waals surface area (Å²) < 4.78 is 12.6. The molecule has 0 radical (unpaired) electrons. The Labute approximate surface area is 140 Å². The third-order valence-electron chi connectivity index (χ3n) is 3.09. The van der Waals surface area contributed by atoms with Crippen LogP contribution in [0.25, 0.3) is 0 Å². The van der Waals surface area contributed by atoms with Crippen LogP contribution in [0.4, 0.5) is 0 Å². The Morgan fingerprint density at radius 2 is 2.13 bits per heavy atom. The maximum Gasteiger partial charge on any atom is 0.316 e. The number of thioether (sulfide) groups is 1. The second-order valence-electron chi connectivity index (χ2n) is 4.84. The third kappa shape index (κ3) is 4.99. The number of carbonyl (C=O) groups is 1. The Kier molecular flexibility index (Phi) is 6.46. The molecule has 1 heterocycles. The van der Waals surface area contributed by atoms with Gasteiger partial charge in [-0.25, -0.2) is 0 Å². The zero-order valence-corrected chi connectivity index (χ0v) is 14.4. The molecule has 2 rings (SSSR count). The van der Waals surface area contributed by atoms with E-state index in [0.717, 1.165) is 17.1 Å². The monoisotopic (exact) mass is 335 g/mol. The van der Waals surface area contributed by atoms with Gasteiger partial charge in [0.25, 0.3) is 0 Å². The van der Waals surface area contributed by atoms with Gasteiger partial charge in [0.15, 0.2) is 11.0 Å². The van der Waals surface area contributed by atoms with Crippen molar-refractivity contribution in [2.75, 3.05) is 12.4 Å². The minimum atomic E-state index is -0.249. The molecule has 0 bridgehead atoms. The molecule has 0 aliphatic rings. The molecule has 0 N–H and O–H groups in total. The average molecular weight is 335 g/mol. The van der Waals surface area contributed by atoms with Gasteiger partial charge < -0.3 is 14.0 Å². The summed E-state index contributed by atoms with van der Waals surface area (Å²) in [5, 5.41) is 9.00. The van der Waals surface area contributed by atoms with E-state index < -0.39 is 0 Å². The summed E-state index contributed by atoms with van der Waals surface area (Å²) in [6.07, 6.45) is 0. The SMILES string of the molecule is CCOC(=O)CSc1nnc(COc2cccc(C)c2)n1CC. The number of benzene rings is 1. The Balaban J connectivity index is 1.98. The largest absolute Gasteiger partial charge is 0.486 e. The maximum absolute atomic E-state index is 11.4. The number of esters is 1. The predicted octanol–water partition coefficient (Wildman–Crippen LogP) is 2.84. The highest BCUT2D eigenvalue weighted by molar-refractivity contribution is 7.99. The van der Waals surface area contributed by atoms with Gasteiger partial charge in [0.2, 0.25) is 0 Å². The van der Waals surface area contributed by atoms with Gasteiger partial charge in [0.1, 0.15) is 12.4 Å². The van der Waals surface area contributed by atoms with E-state index in [2.05, 4.69) is 10.2 Å². The fourth-order valence-electron chi connectivity index (χ4n) is 2.03. The number of hydrogen-bond acceptors (Lipinski definition) is 6. The summed E-state index contributed by atoms with van der Waals surface area (Å²) in [7, 11) is 0. The van der Waals surface area contributed by atoms with E-state index in [1.807, 2.05) is 42.7 Å². The molecule has 1 aromatic carbocycles. The fraction of sp³-hybridized carbons (Fsp3) is 0.438. The molecule has 2 aromatic rings. The van der Waals surface area contributed by atoms with Crippen LogP contribution in [-0.2, 0) is 22.7 Å². The Morgan fingerprint density at radius 3 is 2.83 bits per heavy atom. The first kappa shape index (κ1) is 17.3. The van der Waals surface area contributed by atoms with Crippen LogP contribution < -0.4 is 4.74 Å². The summed E-state index contributed by atoms with van der Waals surface area (Å²) in [5.41, 5.74) is 1.14. The van der Waals surface area contributed by atoms with Crippen LogP contribution in [-0.4, -0.2) is 33.1 Å². The van der Waals surface area contributed by atoms with Gasteiger partial charge in [-0.1, -0.05) is 23.9 Å². The van der Waals surface area contributed by atoms with Gasteiger partial charge in [0, 0.05) is 6.54 Å². The molecule has 0 fully saturated rings. The quantitative estimate of drug-likeness (QED) is 0.546. The Hall–Kier alpha value is -2.02. The summed E-state index contributed by atoms with van der Waals surface area (Å²) in [4.78, 5) is 11.4. The lowest BCUT2D eigenvalue weighted by atomic mass is 10.2. The van der Waals surface area contributed by atoms with Gasteiger partial charge in [0.05, 0.1) is 12.4 Å². The minimum absolute atomic E-state index is 0.227. The molecular weight excluding hydrogens is 314 g/mol. The maximum atomic E-state index is 11.4. The number of carbonyl (C=O) groups excluding carboxylic acids is 1. The van der Waals surface area contributed by atoms with Crippen molar-refractivity contribution in [3.05, 3.63) is 35.7 Å². The third-order valence-corrected chi connectivity index (χ3v) is 4.03. The Morgan fingerprint density at radius 1 is 1.30 bits per heavy atom. The lowest BCUT2D eigenvalue weighted by molar-refractivity contribution is -0.139. The summed E-state index contributed by atoms with van der Waals surface area (Å²) in [6.45, 7) is 7.25. The van der Waals surface area contributed by atoms with Gasteiger partial charge in [-0.3, -0.25) is 4.79 Å². The molecule has 0 aliphatic heterocycles. The highest BCUT2D eigenvalue weighted by Crippen LogP contribution is 2.19. The number of hydrogen-bond donors (Lipinski definition) is 0. The first-order valence-corrected chi connectivity index (χ1v) is 8.52. The standard InChI is InChI=1S/C16H21N3O3S/c1-4-19-14(10-22-13-8-6-7-12(3)9-13)17-18-16(19)23-11-15(20)21-5-2/h6-9H,4-5,10-11H2,1-3H3. The van der Waals surface area contributed by atoms with Crippen molar-refractivity contribution in [2.45, 2.75) is 39.1 Å². The molecule has 23 heavy (non-hydrogen) atoms. The van der Waals surface area contributed by atoms with E-state index in [9.17, 15) is 4.79 Å². The van der Waals surface area contributed by atoms with Gasteiger partial charge in [-0.05, 0) is 38.5 Å². The zero-order valence-electron chi connectivity index (χ0n) is 13.6. The van der Waals surface area contributed by atoms with Crippen LogP contribution in [0.2, 0.25) is 0 Å². The lowest BCUT2D eigenvalue weighted by Crippen LogP contribution is -2.09. The number of aryl methyl sites for hydroxylation is 1. The number of nitrogens with zero attached hydrogens (tertiary/aromatic N) is 3. The molecule has 0 aliphatic carbocycles. The summed E-state index contributed by atoms with van der Waals surface area (Å²) >= 11 is 1.32. The van der Waals surface area contributed by atoms with Crippen molar-refractivity contribution in [1.29, 1.82) is 0 Å². The first-order chi connectivity index (χ1) is 11.1. The molecule has 0 spiro atoms. The van der Waals surface area contributed by atoms with Gasteiger partial charge in [-0.2, -0.15) is 0 Å². The molecule has 0 saturated heterocycles. The van der Waals surface area contributed by atoms with Gasteiger partial charge >= 0.3 is 5.97 Å². The molecule has 1 aromatic heterocycles. The molecule has 6 nitrogen and oxygen atoms in total. The van der Waals surface area contributed by atoms with Crippen LogP contribution >= 0.6 is 11.8 Å². The lowest BCUT2D eigenvalue weighted by Gasteiger charge is -2.09. The number of ether oxygens (including phenoxy) is 2. The van der Waals surface area contributed by atoms with Crippen LogP contribution in [0.1, 0.15) is 25.2 Å². The van der Waals surface area contributed by atoms with Gasteiger partial charge in [-0.15, -0.1) is 10.2 Å². The van der Waals surface area contributed by atoms with E-state index in [1.54, 1.807) is 6.92 Å². The molecule has 0 amide bonds. The van der Waals surface area contributed by atoms with E-state index in [-0.39, 0.29) is 11.7 Å². The molecule has 7 heteroatoms. The normalized spacial score (nSPS) is 10.6. The van der Waals surface area contributed by atoms with Crippen molar-refractivity contribution in [1.82, 2.24) is 14.8 Å². The zero-order chi connectivity index (χ0) is 16.7. The van der Waals surface area contributed by atoms with Crippen molar-refractivity contribution in [2.24, 2.45) is 0 Å². The van der Waals surface area contributed by atoms with Crippen LogP contribution in [0.3, 0.4) is 0 Å². The van der Waals surface area contributed by atoms with Crippen LogP contribution in [0.5, 0.6) is 5.75 Å². The van der Waals surface area contributed by atoms with Crippen LogP contribution in [0, 0.1) is 6.92 Å². The summed E-state index contributed by atoms with van der Waals surface area (Å²) in [5.74, 6) is 1.52. The van der Waals surface area contributed by atoms with Crippen molar-refractivity contribution >= 4 is 17.7 Å². The molecule has 0 atom stereocenters. The second kappa shape index (κ2) is 8.57. The highest BCUT2D eigenvalue weighted by Gasteiger charge is 2.14. The summed E-state index contributed by atoms with van der Waals surface area (Å²) in [6, 6.07) is 7.86. The van der Waals surface area contributed by atoms with Crippen molar-refractivity contribution in [3.8, 4) is 5.75 Å². The minimum Gasteiger partial charge on any atom is -0.486 e. The smallest absolute Gasteiger partial charge is 0.316 e. The number of aromatic nitrogens is 3. The van der Waals surface area contributed by atoms with E-state index in [4.69, 9.17) is 9.47 Å². The second-order valence-corrected chi connectivity index (χ2v) is 5.78. The van der Waals surface area contributed by atoms with Crippen LogP contribution in [0.15, 0.2) is 29.4 Å². The predicted molar refractivity (Wildman–Crippen MR) is 88.6 cm³/mol. The molecule has 0 saturated carbocycles. The van der Waals surface area contributed by atoms with E-state index >= 15 is 0 Å².